The van der Waals surface area contributed by atoms with E-state index < -0.39 is 0 Å². The van der Waals surface area contributed by atoms with E-state index in [1.807, 2.05) is 0 Å². The molecule has 14 heavy (non-hydrogen) atoms. The van der Waals surface area contributed by atoms with Crippen molar-refractivity contribution in [3.05, 3.63) is 0 Å². The maximum atomic E-state index is 3.55. The van der Waals surface area contributed by atoms with Gasteiger partial charge in [0.2, 0.25) is 0 Å². The van der Waals surface area contributed by atoms with Crippen LogP contribution in [0.25, 0.3) is 0 Å². The number of hydrogen-bond donors (Lipinski definition) is 1. The van der Waals surface area contributed by atoms with Gasteiger partial charge in [-0.15, -0.1) is 0 Å². The van der Waals surface area contributed by atoms with Crippen LogP contribution in [0.15, 0.2) is 0 Å². The average molecular weight is 198 g/mol. The van der Waals surface area contributed by atoms with E-state index in [2.05, 4.69) is 24.1 Å². The Kier molecular flexibility index (Phi) is 6.20. The van der Waals surface area contributed by atoms with Gasteiger partial charge in [-0.1, -0.05) is 13.3 Å². The van der Waals surface area contributed by atoms with Gasteiger partial charge in [0.05, 0.1) is 0 Å². The van der Waals surface area contributed by atoms with Gasteiger partial charge >= 0.3 is 0 Å². The number of nitrogens with zero attached hydrogens (tertiary/aromatic N) is 1. The van der Waals surface area contributed by atoms with Gasteiger partial charge in [0.1, 0.15) is 0 Å². The number of nitrogens with one attached hydrogen (secondary N) is 1. The summed E-state index contributed by atoms with van der Waals surface area (Å²) >= 11 is 0. The second kappa shape index (κ2) is 7.24. The summed E-state index contributed by atoms with van der Waals surface area (Å²) < 4.78 is 0. The van der Waals surface area contributed by atoms with Crippen molar-refractivity contribution in [2.24, 2.45) is 0 Å². The third-order valence-corrected chi connectivity index (χ3v) is 3.07. The van der Waals surface area contributed by atoms with Gasteiger partial charge in [0.15, 0.2) is 0 Å². The summed E-state index contributed by atoms with van der Waals surface area (Å²) in [4.78, 5) is 2.62. The van der Waals surface area contributed by atoms with E-state index in [-0.39, 0.29) is 0 Å². The summed E-state index contributed by atoms with van der Waals surface area (Å²) in [6.07, 6.45) is 6.82. The Balaban J connectivity index is 2.00. The lowest BCUT2D eigenvalue weighted by molar-refractivity contribution is 0.218. The summed E-state index contributed by atoms with van der Waals surface area (Å²) in [5.41, 5.74) is 0. The number of rotatable bonds is 6. The highest BCUT2D eigenvalue weighted by Crippen LogP contribution is 2.09. The van der Waals surface area contributed by atoms with Crippen molar-refractivity contribution in [1.82, 2.24) is 10.2 Å². The minimum absolute atomic E-state index is 0.692. The maximum Gasteiger partial charge on any atom is 0.00508 e. The van der Waals surface area contributed by atoms with Crippen LogP contribution in [0.1, 0.15) is 46.0 Å². The Hall–Kier alpha value is -0.0800. The molecule has 1 unspecified atom stereocenters. The Morgan fingerprint density at radius 2 is 1.93 bits per heavy atom. The van der Waals surface area contributed by atoms with E-state index in [9.17, 15) is 0 Å². The normalized spacial score (nSPS) is 21.0. The number of hydrogen-bond acceptors (Lipinski definition) is 2. The molecular formula is C12H26N2. The number of likely N-dealkylation sites (tertiary alicyclic amines) is 1. The fourth-order valence-corrected chi connectivity index (χ4v) is 2.05. The zero-order chi connectivity index (χ0) is 10.2. The highest BCUT2D eigenvalue weighted by atomic mass is 15.1. The quantitative estimate of drug-likeness (QED) is 0.704. The summed E-state index contributed by atoms with van der Waals surface area (Å²) in [6.45, 7) is 9.66. The minimum atomic E-state index is 0.692. The SMILES string of the molecule is CCCNC(C)CCN1CCCCC1. The molecule has 1 aliphatic heterocycles. The summed E-state index contributed by atoms with van der Waals surface area (Å²) in [7, 11) is 0. The molecule has 84 valence electrons. The van der Waals surface area contributed by atoms with E-state index in [4.69, 9.17) is 0 Å². The molecular weight excluding hydrogens is 172 g/mol. The van der Waals surface area contributed by atoms with Crippen LogP contribution in [-0.2, 0) is 0 Å². The van der Waals surface area contributed by atoms with E-state index >= 15 is 0 Å². The first kappa shape index (κ1) is 12.0. The van der Waals surface area contributed by atoms with Gasteiger partial charge in [0, 0.05) is 6.04 Å². The average Bonchev–Trinajstić information content (AvgIpc) is 2.25. The molecule has 0 aliphatic carbocycles. The van der Waals surface area contributed by atoms with E-state index in [1.165, 1.54) is 58.3 Å². The number of piperidine rings is 1. The molecule has 0 aromatic rings. The summed E-state index contributed by atoms with van der Waals surface area (Å²) in [5, 5.41) is 3.55. The van der Waals surface area contributed by atoms with Gasteiger partial charge in [-0.05, 0) is 58.8 Å². The van der Waals surface area contributed by atoms with Gasteiger partial charge in [-0.3, -0.25) is 0 Å². The van der Waals surface area contributed by atoms with Crippen LogP contribution >= 0.6 is 0 Å². The highest BCUT2D eigenvalue weighted by Gasteiger charge is 2.10. The molecule has 0 bridgehead atoms. The van der Waals surface area contributed by atoms with Crippen LogP contribution in [0.2, 0.25) is 0 Å². The second-order valence-electron chi connectivity index (χ2n) is 4.55. The Morgan fingerprint density at radius 1 is 1.21 bits per heavy atom. The molecule has 0 aromatic heterocycles. The molecule has 0 aromatic carbocycles. The van der Waals surface area contributed by atoms with Crippen molar-refractivity contribution >= 4 is 0 Å². The van der Waals surface area contributed by atoms with Crippen LogP contribution in [0.5, 0.6) is 0 Å². The molecule has 1 fully saturated rings. The Labute approximate surface area is 89.1 Å². The largest absolute Gasteiger partial charge is 0.314 e. The fourth-order valence-electron chi connectivity index (χ4n) is 2.05. The predicted octanol–water partition coefficient (Wildman–Crippen LogP) is 2.25. The Bertz CT molecular complexity index is 130. The molecule has 0 radical (unpaired) electrons. The van der Waals surface area contributed by atoms with Gasteiger partial charge < -0.3 is 10.2 Å². The van der Waals surface area contributed by atoms with Crippen LogP contribution in [-0.4, -0.2) is 37.1 Å². The van der Waals surface area contributed by atoms with Crippen LogP contribution in [0, 0.1) is 0 Å². The van der Waals surface area contributed by atoms with E-state index in [0.29, 0.717) is 6.04 Å². The van der Waals surface area contributed by atoms with Crippen molar-refractivity contribution in [3.63, 3.8) is 0 Å². The molecule has 2 heteroatoms. The maximum absolute atomic E-state index is 3.55. The smallest absolute Gasteiger partial charge is 0.00508 e. The molecule has 1 aliphatic rings. The van der Waals surface area contributed by atoms with Crippen molar-refractivity contribution in [3.8, 4) is 0 Å². The lowest BCUT2D eigenvalue weighted by Gasteiger charge is -2.27. The molecule has 1 heterocycles. The van der Waals surface area contributed by atoms with Crippen molar-refractivity contribution in [2.75, 3.05) is 26.2 Å². The van der Waals surface area contributed by atoms with Crippen LogP contribution in [0.4, 0.5) is 0 Å². The van der Waals surface area contributed by atoms with E-state index in [1.54, 1.807) is 0 Å². The third kappa shape index (κ3) is 4.97. The van der Waals surface area contributed by atoms with Crippen molar-refractivity contribution < 1.29 is 0 Å². The zero-order valence-electron chi connectivity index (χ0n) is 9.89. The Morgan fingerprint density at radius 3 is 2.57 bits per heavy atom. The molecule has 1 N–H and O–H groups in total. The van der Waals surface area contributed by atoms with E-state index in [0.717, 1.165) is 0 Å². The van der Waals surface area contributed by atoms with Crippen molar-refractivity contribution in [1.29, 1.82) is 0 Å². The predicted molar refractivity (Wildman–Crippen MR) is 62.7 cm³/mol. The van der Waals surface area contributed by atoms with Crippen LogP contribution < -0.4 is 5.32 Å². The van der Waals surface area contributed by atoms with Crippen LogP contribution in [0.3, 0.4) is 0 Å². The zero-order valence-corrected chi connectivity index (χ0v) is 9.89. The second-order valence-corrected chi connectivity index (χ2v) is 4.55. The standard InChI is InChI=1S/C12H26N2/c1-3-8-13-12(2)7-11-14-9-5-4-6-10-14/h12-13H,3-11H2,1-2H3. The summed E-state index contributed by atoms with van der Waals surface area (Å²) in [5.74, 6) is 0. The van der Waals surface area contributed by atoms with Crippen molar-refractivity contribution in [2.45, 2.75) is 52.0 Å². The molecule has 1 atom stereocenters. The fraction of sp³-hybridized carbons (Fsp3) is 1.00. The first-order valence-corrected chi connectivity index (χ1v) is 6.28. The molecule has 0 amide bonds. The van der Waals surface area contributed by atoms with Gasteiger partial charge in [-0.25, -0.2) is 0 Å². The first-order valence-electron chi connectivity index (χ1n) is 6.28. The third-order valence-electron chi connectivity index (χ3n) is 3.07. The molecule has 1 rings (SSSR count). The lowest BCUT2D eigenvalue weighted by atomic mass is 10.1. The molecule has 2 nitrogen and oxygen atoms in total. The minimum Gasteiger partial charge on any atom is -0.314 e. The van der Waals surface area contributed by atoms with Gasteiger partial charge in [-0.2, -0.15) is 0 Å². The van der Waals surface area contributed by atoms with Gasteiger partial charge in [0.25, 0.3) is 0 Å². The first-order chi connectivity index (χ1) is 6.83. The summed E-state index contributed by atoms with van der Waals surface area (Å²) in [6, 6.07) is 0.692. The molecule has 0 spiro atoms. The molecule has 0 saturated carbocycles. The monoisotopic (exact) mass is 198 g/mol. The lowest BCUT2D eigenvalue weighted by Crippen LogP contribution is -2.35. The highest BCUT2D eigenvalue weighted by molar-refractivity contribution is 4.68. The topological polar surface area (TPSA) is 15.3 Å². The molecule has 1 saturated heterocycles.